The van der Waals surface area contributed by atoms with Gasteiger partial charge in [0.25, 0.3) is 5.69 Å². The molecule has 0 aliphatic heterocycles. The van der Waals surface area contributed by atoms with Gasteiger partial charge in [0.15, 0.2) is 0 Å². The molecule has 0 unspecified atom stereocenters. The molecule has 0 aliphatic carbocycles. The van der Waals surface area contributed by atoms with E-state index in [0.29, 0.717) is 9.50 Å². The molecule has 0 bridgehead atoms. The van der Waals surface area contributed by atoms with Gasteiger partial charge in [-0.25, -0.2) is 4.79 Å². The number of esters is 1. The van der Waals surface area contributed by atoms with E-state index < -0.39 is 10.9 Å². The van der Waals surface area contributed by atoms with Crippen molar-refractivity contribution in [3.63, 3.8) is 0 Å². The zero-order valence-electron chi connectivity index (χ0n) is 9.88. The minimum atomic E-state index is -0.805. The molecule has 0 radical (unpaired) electrons. The van der Waals surface area contributed by atoms with Gasteiger partial charge in [0.05, 0.1) is 9.40 Å². The minimum absolute atomic E-state index is 0.112. The van der Waals surface area contributed by atoms with Gasteiger partial charge in [-0.2, -0.15) is 0 Å². The van der Waals surface area contributed by atoms with Crippen molar-refractivity contribution < 1.29 is 14.5 Å². The van der Waals surface area contributed by atoms with Crippen molar-refractivity contribution in [3.8, 4) is 5.75 Å². The first-order valence-electron chi connectivity index (χ1n) is 5.39. The number of hydrogen-bond donors (Lipinski definition) is 0. The van der Waals surface area contributed by atoms with Gasteiger partial charge >= 0.3 is 5.97 Å². The molecular weight excluding hydrogens is 350 g/mol. The summed E-state index contributed by atoms with van der Waals surface area (Å²) >= 11 is 8.98. The van der Waals surface area contributed by atoms with Crippen LogP contribution in [-0.4, -0.2) is 10.9 Å². The van der Waals surface area contributed by atoms with Crippen molar-refractivity contribution in [2.45, 2.75) is 0 Å². The third-order valence-corrected chi connectivity index (χ3v) is 3.27. The molecule has 0 amide bonds. The first kappa shape index (κ1) is 14.5. The molecule has 7 heteroatoms. The molecule has 0 saturated heterocycles. The molecular formula is C13H7BrClNO4. The van der Waals surface area contributed by atoms with Gasteiger partial charge in [-0.3, -0.25) is 10.1 Å². The lowest BCUT2D eigenvalue weighted by Crippen LogP contribution is -2.11. The molecule has 2 aromatic carbocycles. The molecule has 2 rings (SSSR count). The highest BCUT2D eigenvalue weighted by molar-refractivity contribution is 9.10. The highest BCUT2D eigenvalue weighted by Gasteiger charge is 2.21. The zero-order valence-corrected chi connectivity index (χ0v) is 12.2. The third-order valence-electron chi connectivity index (χ3n) is 2.42. The van der Waals surface area contributed by atoms with E-state index in [1.165, 1.54) is 30.3 Å². The van der Waals surface area contributed by atoms with E-state index in [1.807, 2.05) is 0 Å². The highest BCUT2D eigenvalue weighted by atomic mass is 79.9. The van der Waals surface area contributed by atoms with Gasteiger partial charge in [0.2, 0.25) is 0 Å². The lowest BCUT2D eigenvalue weighted by atomic mass is 10.2. The molecule has 20 heavy (non-hydrogen) atoms. The summed E-state index contributed by atoms with van der Waals surface area (Å²) in [4.78, 5) is 22.2. The Labute approximate surface area is 127 Å². The number of rotatable bonds is 3. The second-order valence-corrected chi connectivity index (χ2v) is 5.03. The van der Waals surface area contributed by atoms with Crippen molar-refractivity contribution in [3.05, 3.63) is 67.6 Å². The van der Waals surface area contributed by atoms with Crippen LogP contribution >= 0.6 is 27.5 Å². The SMILES string of the molecule is O=C(Oc1ccc(Cl)cc1Br)c1ccccc1[N+](=O)[O-]. The third kappa shape index (κ3) is 3.15. The van der Waals surface area contributed by atoms with E-state index in [-0.39, 0.29) is 17.0 Å². The van der Waals surface area contributed by atoms with Crippen LogP contribution in [0.15, 0.2) is 46.9 Å². The summed E-state index contributed by atoms with van der Waals surface area (Å²) in [5, 5.41) is 11.3. The van der Waals surface area contributed by atoms with Crippen LogP contribution in [0.4, 0.5) is 5.69 Å². The van der Waals surface area contributed by atoms with E-state index in [1.54, 1.807) is 12.1 Å². The first-order chi connectivity index (χ1) is 9.49. The number of carbonyl (C=O) groups excluding carboxylic acids is 1. The molecule has 5 nitrogen and oxygen atoms in total. The van der Waals surface area contributed by atoms with Gasteiger partial charge in [0.1, 0.15) is 11.3 Å². The van der Waals surface area contributed by atoms with Crippen LogP contribution in [0, 0.1) is 10.1 Å². The van der Waals surface area contributed by atoms with Gasteiger partial charge in [-0.15, -0.1) is 0 Å². The Morgan fingerprint density at radius 3 is 2.60 bits per heavy atom. The van der Waals surface area contributed by atoms with Crippen LogP contribution in [-0.2, 0) is 0 Å². The molecule has 0 saturated carbocycles. The smallest absolute Gasteiger partial charge is 0.350 e. The topological polar surface area (TPSA) is 69.4 Å². The number of nitro groups is 1. The number of halogens is 2. The summed E-state index contributed by atoms with van der Waals surface area (Å²) in [5.74, 6) is -0.571. The Balaban J connectivity index is 2.31. The Morgan fingerprint density at radius 2 is 1.95 bits per heavy atom. The number of hydrogen-bond acceptors (Lipinski definition) is 4. The van der Waals surface area contributed by atoms with Crippen LogP contribution in [0.1, 0.15) is 10.4 Å². The predicted molar refractivity (Wildman–Crippen MR) is 77.2 cm³/mol. The van der Waals surface area contributed by atoms with Gasteiger partial charge in [-0.05, 0) is 40.2 Å². The zero-order chi connectivity index (χ0) is 14.7. The fraction of sp³-hybridized carbons (Fsp3) is 0. The van der Waals surface area contributed by atoms with E-state index in [4.69, 9.17) is 16.3 Å². The summed E-state index contributed by atoms with van der Waals surface area (Å²) in [6, 6.07) is 10.2. The summed E-state index contributed by atoms with van der Waals surface area (Å²) < 4.78 is 5.61. The molecule has 102 valence electrons. The normalized spacial score (nSPS) is 10.1. The van der Waals surface area contributed by atoms with Gasteiger partial charge in [-0.1, -0.05) is 23.7 Å². The van der Waals surface area contributed by atoms with Crippen molar-refractivity contribution >= 4 is 39.2 Å². The summed E-state index contributed by atoms with van der Waals surface area (Å²) in [7, 11) is 0. The van der Waals surface area contributed by atoms with Crippen LogP contribution in [0.5, 0.6) is 5.75 Å². The van der Waals surface area contributed by atoms with Crippen molar-refractivity contribution in [1.29, 1.82) is 0 Å². The molecule has 0 fully saturated rings. The number of carbonyl (C=O) groups is 1. The number of nitro benzene ring substituents is 1. The predicted octanol–water partition coefficient (Wildman–Crippen LogP) is 4.23. The Morgan fingerprint density at radius 1 is 1.25 bits per heavy atom. The van der Waals surface area contributed by atoms with Crippen LogP contribution in [0.2, 0.25) is 5.02 Å². The maximum atomic E-state index is 12.0. The maximum absolute atomic E-state index is 12.0. The lowest BCUT2D eigenvalue weighted by molar-refractivity contribution is -0.385. The number of para-hydroxylation sites is 1. The van der Waals surface area contributed by atoms with E-state index >= 15 is 0 Å². The molecule has 0 atom stereocenters. The van der Waals surface area contributed by atoms with E-state index in [2.05, 4.69) is 15.9 Å². The second-order valence-electron chi connectivity index (χ2n) is 3.74. The monoisotopic (exact) mass is 355 g/mol. The van der Waals surface area contributed by atoms with Crippen molar-refractivity contribution in [1.82, 2.24) is 0 Å². The summed E-state index contributed by atoms with van der Waals surface area (Å²) in [5.41, 5.74) is -0.415. The van der Waals surface area contributed by atoms with Crippen LogP contribution in [0.25, 0.3) is 0 Å². The molecule has 0 aromatic heterocycles. The number of nitrogens with zero attached hydrogens (tertiary/aromatic N) is 1. The van der Waals surface area contributed by atoms with Crippen molar-refractivity contribution in [2.75, 3.05) is 0 Å². The standard InChI is InChI=1S/C13H7BrClNO4/c14-10-7-8(15)5-6-12(10)20-13(17)9-3-1-2-4-11(9)16(18)19/h1-7H. The Bertz CT molecular complexity index is 690. The first-order valence-corrected chi connectivity index (χ1v) is 6.57. The number of ether oxygens (including phenoxy) is 1. The molecule has 0 N–H and O–H groups in total. The fourth-order valence-corrected chi connectivity index (χ4v) is 2.28. The highest BCUT2D eigenvalue weighted by Crippen LogP contribution is 2.29. The maximum Gasteiger partial charge on any atom is 0.350 e. The van der Waals surface area contributed by atoms with Crippen LogP contribution in [0.3, 0.4) is 0 Å². The van der Waals surface area contributed by atoms with Crippen LogP contribution < -0.4 is 4.74 Å². The molecule has 2 aromatic rings. The quantitative estimate of drug-likeness (QED) is 0.357. The van der Waals surface area contributed by atoms with E-state index in [0.717, 1.165) is 0 Å². The fourth-order valence-electron chi connectivity index (χ4n) is 1.52. The largest absolute Gasteiger partial charge is 0.422 e. The molecule has 0 aliphatic rings. The van der Waals surface area contributed by atoms with Crippen molar-refractivity contribution in [2.24, 2.45) is 0 Å². The number of benzene rings is 2. The Hall–Kier alpha value is -1.92. The minimum Gasteiger partial charge on any atom is -0.422 e. The lowest BCUT2D eigenvalue weighted by Gasteiger charge is -2.07. The second kappa shape index (κ2) is 6.02. The summed E-state index contributed by atoms with van der Waals surface area (Å²) in [6.45, 7) is 0. The molecule has 0 spiro atoms. The average Bonchev–Trinajstić information content (AvgIpc) is 2.41. The summed E-state index contributed by atoms with van der Waals surface area (Å²) in [6.07, 6.45) is 0. The Kier molecular flexibility index (Phi) is 4.36. The molecule has 0 heterocycles. The van der Waals surface area contributed by atoms with E-state index in [9.17, 15) is 14.9 Å². The van der Waals surface area contributed by atoms with Gasteiger partial charge < -0.3 is 4.74 Å². The average molecular weight is 357 g/mol. The van der Waals surface area contributed by atoms with Gasteiger partial charge in [0, 0.05) is 11.1 Å².